The quantitative estimate of drug-likeness (QED) is 0.401. The maximum Gasteiger partial charge on any atom is 0.166 e. The van der Waals surface area contributed by atoms with Crippen molar-refractivity contribution in [2.75, 3.05) is 18.2 Å². The van der Waals surface area contributed by atoms with Crippen LogP contribution >= 0.6 is 0 Å². The molecule has 2 N–H and O–H groups in total. The van der Waals surface area contributed by atoms with Gasteiger partial charge in [-0.1, -0.05) is 29.8 Å². The molecular weight excluding hydrogens is 446 g/mol. The molecule has 5 rings (SSSR count). The lowest BCUT2D eigenvalue weighted by atomic mass is 9.97. The number of hydrogen-bond acceptors (Lipinski definition) is 6. The van der Waals surface area contributed by atoms with E-state index < -0.39 is 9.73 Å². The summed E-state index contributed by atoms with van der Waals surface area (Å²) in [7, 11) is -2.30. The molecule has 2 bridgehead atoms. The highest BCUT2D eigenvalue weighted by molar-refractivity contribution is 7.92. The molecule has 34 heavy (non-hydrogen) atoms. The SMILES string of the molecule is Cc1ccc2c(c1)[C@@H](C)Oc1cc(cnc1N)-c1cc(N=S(C)(C)=O)ccc1Cn1ccnc1-2. The molecule has 0 saturated carbocycles. The molecule has 4 aromatic rings. The van der Waals surface area contributed by atoms with Crippen LogP contribution in [0.4, 0.5) is 11.5 Å². The summed E-state index contributed by atoms with van der Waals surface area (Å²) >= 11 is 0. The Bertz CT molecular complexity index is 1520. The molecule has 0 aliphatic carbocycles. The molecular formula is C26H27N5O2S. The van der Waals surface area contributed by atoms with Gasteiger partial charge in [-0.25, -0.2) is 14.2 Å². The predicted molar refractivity (Wildman–Crippen MR) is 137 cm³/mol. The normalized spacial score (nSPS) is 15.1. The van der Waals surface area contributed by atoms with Crippen LogP contribution in [0.2, 0.25) is 0 Å². The van der Waals surface area contributed by atoms with Crippen LogP contribution in [0, 0.1) is 6.92 Å². The van der Waals surface area contributed by atoms with Gasteiger partial charge in [0.2, 0.25) is 0 Å². The first-order valence-electron chi connectivity index (χ1n) is 11.0. The zero-order valence-corrected chi connectivity index (χ0v) is 20.5. The molecule has 7 nitrogen and oxygen atoms in total. The van der Waals surface area contributed by atoms with Gasteiger partial charge >= 0.3 is 0 Å². The topological polar surface area (TPSA) is 95.4 Å². The molecule has 174 valence electrons. The first-order valence-corrected chi connectivity index (χ1v) is 13.4. The minimum Gasteiger partial charge on any atom is -0.482 e. The number of hydrogen-bond donors (Lipinski definition) is 1. The summed E-state index contributed by atoms with van der Waals surface area (Å²) < 4.78 is 25.2. The van der Waals surface area contributed by atoms with E-state index in [1.165, 1.54) is 0 Å². The second kappa shape index (κ2) is 8.29. The zero-order valence-electron chi connectivity index (χ0n) is 19.6. The molecule has 3 heterocycles. The van der Waals surface area contributed by atoms with Crippen molar-refractivity contribution in [2.24, 2.45) is 4.36 Å². The number of aryl methyl sites for hydroxylation is 1. The molecule has 0 fully saturated rings. The van der Waals surface area contributed by atoms with E-state index in [4.69, 9.17) is 10.5 Å². The van der Waals surface area contributed by atoms with Crippen molar-refractivity contribution in [1.29, 1.82) is 0 Å². The molecule has 0 radical (unpaired) electrons. The van der Waals surface area contributed by atoms with Crippen LogP contribution in [-0.2, 0) is 16.3 Å². The first-order chi connectivity index (χ1) is 16.2. The fourth-order valence-corrected chi connectivity index (χ4v) is 4.94. The molecule has 2 aromatic carbocycles. The van der Waals surface area contributed by atoms with Crippen molar-refractivity contribution in [2.45, 2.75) is 26.5 Å². The van der Waals surface area contributed by atoms with Crippen LogP contribution in [0.25, 0.3) is 22.5 Å². The third-order valence-electron chi connectivity index (χ3n) is 5.86. The van der Waals surface area contributed by atoms with Gasteiger partial charge in [-0.3, -0.25) is 0 Å². The molecule has 0 saturated heterocycles. The standard InChI is InChI=1S/C26H27N5O2S/c1-16-5-8-21-22(11-16)17(2)33-24-12-19(14-29-25(24)27)23-13-20(30-34(3,4)32)7-6-18(23)15-31-10-9-28-26(21)31/h5-14,17H,15H2,1-4H3,(H2,27,29)/t17-/m1/s1. The van der Waals surface area contributed by atoms with Crippen LogP contribution in [0.1, 0.15) is 29.7 Å². The molecule has 1 aliphatic heterocycles. The summed E-state index contributed by atoms with van der Waals surface area (Å²) in [4.78, 5) is 9.11. The summed E-state index contributed by atoms with van der Waals surface area (Å²) in [6.07, 6.45) is 8.52. The van der Waals surface area contributed by atoms with Gasteiger partial charge in [-0.05, 0) is 43.2 Å². The average molecular weight is 474 g/mol. The van der Waals surface area contributed by atoms with E-state index >= 15 is 0 Å². The molecule has 0 unspecified atom stereocenters. The van der Waals surface area contributed by atoms with Crippen LogP contribution in [0.3, 0.4) is 0 Å². The fourth-order valence-electron chi connectivity index (χ4n) is 4.32. The van der Waals surface area contributed by atoms with Crippen LogP contribution < -0.4 is 10.5 Å². The largest absolute Gasteiger partial charge is 0.482 e. The lowest BCUT2D eigenvalue weighted by Gasteiger charge is -2.22. The molecule has 0 amide bonds. The lowest BCUT2D eigenvalue weighted by Crippen LogP contribution is -2.11. The maximum absolute atomic E-state index is 12.3. The highest BCUT2D eigenvalue weighted by atomic mass is 32.2. The Morgan fingerprint density at radius 2 is 1.94 bits per heavy atom. The third-order valence-corrected chi connectivity index (χ3v) is 6.51. The van der Waals surface area contributed by atoms with Crippen molar-refractivity contribution in [3.63, 3.8) is 0 Å². The summed E-state index contributed by atoms with van der Waals surface area (Å²) in [6, 6.07) is 14.1. The summed E-state index contributed by atoms with van der Waals surface area (Å²) in [5, 5.41) is 0. The summed E-state index contributed by atoms with van der Waals surface area (Å²) in [6.45, 7) is 4.67. The average Bonchev–Trinajstić information content (AvgIpc) is 3.22. The number of nitrogen functional groups attached to an aromatic ring is 1. The third kappa shape index (κ3) is 4.28. The monoisotopic (exact) mass is 473 g/mol. The van der Waals surface area contributed by atoms with Crippen molar-refractivity contribution in [3.05, 3.63) is 77.7 Å². The molecule has 1 aliphatic rings. The number of nitrogens with zero attached hydrogens (tertiary/aromatic N) is 4. The van der Waals surface area contributed by atoms with Crippen LogP contribution in [-0.4, -0.2) is 31.3 Å². The van der Waals surface area contributed by atoms with Crippen molar-refractivity contribution in [1.82, 2.24) is 14.5 Å². The fraction of sp³-hybridized carbons (Fsp3) is 0.231. The van der Waals surface area contributed by atoms with E-state index in [2.05, 4.69) is 44.0 Å². The van der Waals surface area contributed by atoms with Crippen LogP contribution in [0.15, 0.2) is 65.4 Å². The predicted octanol–water partition coefficient (Wildman–Crippen LogP) is 5.36. The Labute approximate surface area is 199 Å². The van der Waals surface area contributed by atoms with Crippen molar-refractivity contribution < 1.29 is 8.95 Å². The minimum atomic E-state index is -2.30. The number of benzene rings is 2. The summed E-state index contributed by atoms with van der Waals surface area (Å²) in [5.74, 6) is 1.71. The Morgan fingerprint density at radius 1 is 1.12 bits per heavy atom. The number of imidazole rings is 1. The highest BCUT2D eigenvalue weighted by Gasteiger charge is 2.21. The van der Waals surface area contributed by atoms with Crippen molar-refractivity contribution >= 4 is 21.2 Å². The van der Waals surface area contributed by atoms with E-state index in [0.717, 1.165) is 39.2 Å². The molecule has 0 spiro atoms. The van der Waals surface area contributed by atoms with Gasteiger partial charge in [0.1, 0.15) is 11.9 Å². The van der Waals surface area contributed by atoms with Crippen molar-refractivity contribution in [3.8, 4) is 28.3 Å². The number of nitrogens with two attached hydrogens (primary N) is 1. The van der Waals surface area contributed by atoms with E-state index in [0.29, 0.717) is 23.8 Å². The lowest BCUT2D eigenvalue weighted by molar-refractivity contribution is 0.228. The van der Waals surface area contributed by atoms with Gasteiger partial charge in [0.25, 0.3) is 0 Å². The maximum atomic E-state index is 12.3. The molecule has 1 atom stereocenters. The minimum absolute atomic E-state index is 0.274. The Kier molecular flexibility index (Phi) is 5.40. The van der Waals surface area contributed by atoms with Gasteiger partial charge in [0, 0.05) is 64.1 Å². The Morgan fingerprint density at radius 3 is 2.74 bits per heavy atom. The number of pyridine rings is 1. The first kappa shape index (κ1) is 22.2. The van der Waals surface area contributed by atoms with E-state index in [9.17, 15) is 4.21 Å². The van der Waals surface area contributed by atoms with Crippen LogP contribution in [0.5, 0.6) is 5.75 Å². The number of fused-ring (bicyclic) bond motifs is 7. The number of aromatic nitrogens is 3. The Hall–Kier alpha value is -3.65. The van der Waals surface area contributed by atoms with Gasteiger partial charge < -0.3 is 15.0 Å². The Balaban J connectivity index is 1.78. The molecule has 8 heteroatoms. The van der Waals surface area contributed by atoms with Gasteiger partial charge in [-0.15, -0.1) is 0 Å². The van der Waals surface area contributed by atoms with E-state index in [1.54, 1.807) is 18.7 Å². The number of ether oxygens (including phenoxy) is 1. The zero-order chi connectivity index (χ0) is 24.0. The molecule has 2 aromatic heterocycles. The second-order valence-corrected chi connectivity index (χ2v) is 11.5. The van der Waals surface area contributed by atoms with Gasteiger partial charge in [0.05, 0.1) is 5.69 Å². The summed E-state index contributed by atoms with van der Waals surface area (Å²) in [5.41, 5.74) is 12.9. The van der Waals surface area contributed by atoms with E-state index in [-0.39, 0.29) is 6.10 Å². The number of anilines is 1. The smallest absolute Gasteiger partial charge is 0.166 e. The number of rotatable bonds is 1. The van der Waals surface area contributed by atoms with Gasteiger partial charge in [0.15, 0.2) is 11.6 Å². The van der Waals surface area contributed by atoms with Gasteiger partial charge in [-0.2, -0.15) is 4.36 Å². The van der Waals surface area contributed by atoms with E-state index in [1.807, 2.05) is 43.6 Å². The highest BCUT2D eigenvalue weighted by Crippen LogP contribution is 2.38. The second-order valence-electron chi connectivity index (χ2n) is 8.95.